The first-order valence-corrected chi connectivity index (χ1v) is 13.1. The van der Waals surface area contributed by atoms with E-state index in [2.05, 4.69) is 118 Å². The fourth-order valence-corrected chi connectivity index (χ4v) is 5.92. The summed E-state index contributed by atoms with van der Waals surface area (Å²) in [5, 5.41) is 7.39. The first-order chi connectivity index (χ1) is 19.3. The van der Waals surface area contributed by atoms with Crippen LogP contribution in [0, 0.1) is 0 Å². The summed E-state index contributed by atoms with van der Waals surface area (Å²) in [6.45, 7) is 0. The molecule has 0 saturated carbocycles. The first-order valence-electron chi connectivity index (χ1n) is 13.1. The van der Waals surface area contributed by atoms with Crippen LogP contribution in [0.4, 0.5) is 0 Å². The first kappa shape index (κ1) is 21.8. The largest absolute Gasteiger partial charge is 0.308 e. The van der Waals surface area contributed by atoms with E-state index in [-0.39, 0.29) is 0 Å². The van der Waals surface area contributed by atoms with E-state index < -0.39 is 0 Å². The number of rotatable bonds is 3. The lowest BCUT2D eigenvalue weighted by atomic mass is 10.00. The molecule has 8 aromatic rings. The molecule has 0 aliphatic heterocycles. The Kier molecular flexibility index (Phi) is 4.82. The van der Waals surface area contributed by atoms with Gasteiger partial charge in [0.2, 0.25) is 0 Å². The lowest BCUT2D eigenvalue weighted by molar-refractivity contribution is 1.20. The minimum absolute atomic E-state index is 1.11. The van der Waals surface area contributed by atoms with Crippen molar-refractivity contribution in [3.8, 4) is 27.9 Å². The van der Waals surface area contributed by atoms with Crippen LogP contribution in [0.2, 0.25) is 0 Å². The molecular weight excluding hydrogens is 474 g/mol. The number of fused-ring (bicyclic) bond motifs is 6. The molecule has 182 valence electrons. The molecule has 8 rings (SSSR count). The van der Waals surface area contributed by atoms with Crippen LogP contribution in [0.25, 0.3) is 71.3 Å². The number of nitrogens with zero attached hydrogens (tertiary/aromatic N) is 3. The van der Waals surface area contributed by atoms with Gasteiger partial charge in [0.15, 0.2) is 0 Å². The summed E-state index contributed by atoms with van der Waals surface area (Å²) in [5.41, 5.74) is 8.15. The molecule has 39 heavy (non-hydrogen) atoms. The molecule has 5 aromatic carbocycles. The van der Waals surface area contributed by atoms with E-state index in [1.54, 1.807) is 0 Å². The fourth-order valence-electron chi connectivity index (χ4n) is 5.92. The van der Waals surface area contributed by atoms with Gasteiger partial charge in [0.1, 0.15) is 0 Å². The van der Waals surface area contributed by atoms with Crippen molar-refractivity contribution >= 4 is 43.4 Å². The van der Waals surface area contributed by atoms with Gasteiger partial charge in [-0.3, -0.25) is 9.97 Å². The normalized spacial score (nSPS) is 11.6. The van der Waals surface area contributed by atoms with E-state index in [9.17, 15) is 0 Å². The molecule has 3 heterocycles. The Morgan fingerprint density at radius 2 is 1.13 bits per heavy atom. The average molecular weight is 498 g/mol. The van der Waals surface area contributed by atoms with Gasteiger partial charge in [-0.25, -0.2) is 0 Å². The highest BCUT2D eigenvalue weighted by atomic mass is 15.0. The molecule has 0 aliphatic carbocycles. The molecule has 3 nitrogen and oxygen atoms in total. The fraction of sp³-hybridized carbons (Fsp3) is 0. The van der Waals surface area contributed by atoms with Gasteiger partial charge in [-0.05, 0) is 52.2 Å². The number of benzene rings is 5. The van der Waals surface area contributed by atoms with Crippen LogP contribution in [0.5, 0.6) is 0 Å². The van der Waals surface area contributed by atoms with Crippen LogP contribution in [-0.2, 0) is 0 Å². The standard InChI is InChI=1S/C36H23N3/c1-2-10-30-24(6-1)7-3-11-34(30)39-35-21-26(29-9-5-19-38-23-29)13-16-32(35)33-17-14-27-20-25(12-15-31(27)36(33)39)28-8-4-18-37-22-28/h1-23H. The average Bonchev–Trinajstić information content (AvgIpc) is 3.35. The molecule has 0 fully saturated rings. The van der Waals surface area contributed by atoms with Gasteiger partial charge in [0.25, 0.3) is 0 Å². The lowest BCUT2D eigenvalue weighted by Crippen LogP contribution is -1.96. The minimum atomic E-state index is 1.11. The molecule has 3 aromatic heterocycles. The van der Waals surface area contributed by atoms with Crippen LogP contribution < -0.4 is 0 Å². The van der Waals surface area contributed by atoms with E-state index in [0.29, 0.717) is 0 Å². The van der Waals surface area contributed by atoms with Crippen molar-refractivity contribution in [3.63, 3.8) is 0 Å². The van der Waals surface area contributed by atoms with Gasteiger partial charge in [0, 0.05) is 57.5 Å². The van der Waals surface area contributed by atoms with Crippen molar-refractivity contribution < 1.29 is 0 Å². The number of pyridine rings is 2. The molecule has 0 aliphatic rings. The Bertz CT molecular complexity index is 2150. The van der Waals surface area contributed by atoms with Crippen molar-refractivity contribution in [2.24, 2.45) is 0 Å². The molecule has 0 N–H and O–H groups in total. The zero-order valence-electron chi connectivity index (χ0n) is 21.1. The van der Waals surface area contributed by atoms with Crippen LogP contribution in [0.15, 0.2) is 140 Å². The Labute approximate surface area is 225 Å². The number of hydrogen-bond donors (Lipinski definition) is 0. The van der Waals surface area contributed by atoms with Crippen LogP contribution in [0.1, 0.15) is 0 Å². The minimum Gasteiger partial charge on any atom is -0.308 e. The third-order valence-corrected chi connectivity index (χ3v) is 7.74. The van der Waals surface area contributed by atoms with Gasteiger partial charge in [-0.1, -0.05) is 84.9 Å². The highest BCUT2D eigenvalue weighted by molar-refractivity contribution is 6.20. The third-order valence-electron chi connectivity index (χ3n) is 7.74. The zero-order valence-corrected chi connectivity index (χ0v) is 21.1. The van der Waals surface area contributed by atoms with Gasteiger partial charge < -0.3 is 4.57 Å². The maximum absolute atomic E-state index is 4.37. The Hall–Kier alpha value is -5.28. The van der Waals surface area contributed by atoms with Crippen molar-refractivity contribution in [1.29, 1.82) is 0 Å². The quantitative estimate of drug-likeness (QED) is 0.244. The Balaban J connectivity index is 1.50. The second-order valence-corrected chi connectivity index (χ2v) is 9.95. The van der Waals surface area contributed by atoms with Crippen molar-refractivity contribution in [1.82, 2.24) is 14.5 Å². The molecule has 0 atom stereocenters. The molecule has 0 amide bonds. The predicted octanol–water partition coefficient (Wildman–Crippen LogP) is 9.21. The topological polar surface area (TPSA) is 30.7 Å². The number of aromatic nitrogens is 3. The van der Waals surface area contributed by atoms with E-state index in [4.69, 9.17) is 0 Å². The Morgan fingerprint density at radius 3 is 1.90 bits per heavy atom. The summed E-state index contributed by atoms with van der Waals surface area (Å²) >= 11 is 0. The molecular formula is C36H23N3. The smallest absolute Gasteiger partial charge is 0.0619 e. The predicted molar refractivity (Wildman–Crippen MR) is 162 cm³/mol. The van der Waals surface area contributed by atoms with Gasteiger partial charge in [-0.2, -0.15) is 0 Å². The maximum atomic E-state index is 4.37. The summed E-state index contributed by atoms with van der Waals surface area (Å²) in [4.78, 5) is 8.70. The number of hydrogen-bond acceptors (Lipinski definition) is 2. The summed E-state index contributed by atoms with van der Waals surface area (Å²) in [6.07, 6.45) is 7.49. The second-order valence-electron chi connectivity index (χ2n) is 9.95. The zero-order chi connectivity index (χ0) is 25.8. The summed E-state index contributed by atoms with van der Waals surface area (Å²) < 4.78 is 2.46. The summed E-state index contributed by atoms with van der Waals surface area (Å²) in [6, 6.07) is 41.5. The van der Waals surface area contributed by atoms with Gasteiger partial charge in [-0.15, -0.1) is 0 Å². The SMILES string of the molecule is c1cncc(-c2ccc3c(ccc4c5ccc(-c6cccnc6)cc5n(-c5cccc6ccccc56)c34)c2)c1. The molecule has 0 saturated heterocycles. The summed E-state index contributed by atoms with van der Waals surface area (Å²) in [5.74, 6) is 0. The van der Waals surface area contributed by atoms with Crippen LogP contribution >= 0.6 is 0 Å². The van der Waals surface area contributed by atoms with Gasteiger partial charge >= 0.3 is 0 Å². The van der Waals surface area contributed by atoms with Crippen LogP contribution in [-0.4, -0.2) is 14.5 Å². The molecule has 0 bridgehead atoms. The Morgan fingerprint density at radius 1 is 0.436 bits per heavy atom. The summed E-state index contributed by atoms with van der Waals surface area (Å²) in [7, 11) is 0. The van der Waals surface area contributed by atoms with E-state index in [1.807, 2.05) is 36.9 Å². The second kappa shape index (κ2) is 8.64. The molecule has 0 spiro atoms. The van der Waals surface area contributed by atoms with Gasteiger partial charge in [0.05, 0.1) is 16.7 Å². The van der Waals surface area contributed by atoms with Crippen molar-refractivity contribution in [2.45, 2.75) is 0 Å². The van der Waals surface area contributed by atoms with E-state index >= 15 is 0 Å². The maximum Gasteiger partial charge on any atom is 0.0619 e. The molecule has 0 radical (unpaired) electrons. The molecule has 0 unspecified atom stereocenters. The van der Waals surface area contributed by atoms with E-state index in [1.165, 1.54) is 54.6 Å². The van der Waals surface area contributed by atoms with E-state index in [0.717, 1.165) is 16.7 Å². The van der Waals surface area contributed by atoms with Crippen molar-refractivity contribution in [3.05, 3.63) is 140 Å². The van der Waals surface area contributed by atoms with Crippen LogP contribution in [0.3, 0.4) is 0 Å². The highest BCUT2D eigenvalue weighted by Crippen LogP contribution is 2.40. The lowest BCUT2D eigenvalue weighted by Gasteiger charge is -2.14. The molecule has 3 heteroatoms. The third kappa shape index (κ3) is 3.44. The highest BCUT2D eigenvalue weighted by Gasteiger charge is 2.18. The monoisotopic (exact) mass is 497 g/mol. The van der Waals surface area contributed by atoms with Crippen molar-refractivity contribution in [2.75, 3.05) is 0 Å².